The average Bonchev–Trinajstić information content (AvgIpc) is 3.20. The molecule has 4 nitrogen and oxygen atoms in total. The minimum atomic E-state index is 0.192. The van der Waals surface area contributed by atoms with Gasteiger partial charge in [-0.15, -0.1) is 0 Å². The third-order valence-electron chi connectivity index (χ3n) is 4.96. The van der Waals surface area contributed by atoms with Crippen molar-refractivity contribution in [3.63, 3.8) is 0 Å². The Kier molecular flexibility index (Phi) is 2.97. The zero-order valence-corrected chi connectivity index (χ0v) is 12.3. The van der Waals surface area contributed by atoms with Gasteiger partial charge in [0.15, 0.2) is 0 Å². The first-order valence-electron chi connectivity index (χ1n) is 7.79. The molecule has 1 aliphatic carbocycles. The van der Waals surface area contributed by atoms with Gasteiger partial charge in [-0.05, 0) is 43.7 Å². The standard InChI is InChI=1S/C16H23N3O/c1-10-8-17-9-13-7-12-5-6-14(18-16(12)19(10)13)15(20-2)11-3-4-11/h5-6,10-11,13,15,17H,3-4,7-9H2,1-2H3/t10-,13-,15?/m1/s1. The Morgan fingerprint density at radius 1 is 1.35 bits per heavy atom. The number of rotatable bonds is 3. The lowest BCUT2D eigenvalue weighted by Crippen LogP contribution is -2.55. The summed E-state index contributed by atoms with van der Waals surface area (Å²) < 4.78 is 5.69. The number of fused-ring (bicyclic) bond motifs is 3. The van der Waals surface area contributed by atoms with Crippen molar-refractivity contribution in [1.29, 1.82) is 0 Å². The Bertz CT molecular complexity index is 514. The summed E-state index contributed by atoms with van der Waals surface area (Å²) in [6, 6.07) is 5.57. The van der Waals surface area contributed by atoms with Gasteiger partial charge < -0.3 is 15.0 Å². The van der Waals surface area contributed by atoms with E-state index in [1.807, 2.05) is 7.11 Å². The van der Waals surface area contributed by atoms with E-state index >= 15 is 0 Å². The van der Waals surface area contributed by atoms with Crippen LogP contribution < -0.4 is 10.2 Å². The normalized spacial score (nSPS) is 30.0. The van der Waals surface area contributed by atoms with Crippen LogP contribution in [0.25, 0.3) is 0 Å². The van der Waals surface area contributed by atoms with E-state index in [1.54, 1.807) is 0 Å². The molecule has 0 bridgehead atoms. The summed E-state index contributed by atoms with van der Waals surface area (Å²) in [6.45, 7) is 4.42. The number of hydrogen-bond donors (Lipinski definition) is 1. The molecule has 1 saturated carbocycles. The molecule has 0 radical (unpaired) electrons. The van der Waals surface area contributed by atoms with Gasteiger partial charge in [0.2, 0.25) is 0 Å². The van der Waals surface area contributed by atoms with E-state index in [9.17, 15) is 0 Å². The highest BCUT2D eigenvalue weighted by atomic mass is 16.5. The van der Waals surface area contributed by atoms with E-state index in [0.717, 1.165) is 25.2 Å². The Balaban J connectivity index is 1.68. The second kappa shape index (κ2) is 4.71. The highest BCUT2D eigenvalue weighted by molar-refractivity contribution is 5.56. The molecule has 2 aliphatic heterocycles. The third-order valence-corrected chi connectivity index (χ3v) is 4.96. The Morgan fingerprint density at radius 2 is 2.20 bits per heavy atom. The van der Waals surface area contributed by atoms with Crippen LogP contribution in [0.15, 0.2) is 12.1 Å². The number of piperazine rings is 1. The Morgan fingerprint density at radius 3 is 2.95 bits per heavy atom. The summed E-state index contributed by atoms with van der Waals surface area (Å²) >= 11 is 0. The molecule has 0 amide bonds. The van der Waals surface area contributed by atoms with Crippen LogP contribution in [0.5, 0.6) is 0 Å². The van der Waals surface area contributed by atoms with Gasteiger partial charge >= 0.3 is 0 Å². The number of methoxy groups -OCH3 is 1. The lowest BCUT2D eigenvalue weighted by Gasteiger charge is -2.37. The minimum Gasteiger partial charge on any atom is -0.375 e. The van der Waals surface area contributed by atoms with Gasteiger partial charge in [0.05, 0.1) is 5.69 Å². The van der Waals surface area contributed by atoms with Crippen molar-refractivity contribution in [3.8, 4) is 0 Å². The lowest BCUT2D eigenvalue weighted by atomic mass is 10.1. The molecule has 4 heteroatoms. The summed E-state index contributed by atoms with van der Waals surface area (Å²) in [4.78, 5) is 7.52. The number of ether oxygens (including phenoxy) is 1. The van der Waals surface area contributed by atoms with Crippen molar-refractivity contribution >= 4 is 5.82 Å². The SMILES string of the molecule is COC(c1ccc2c(n1)N1[C@@H](CNC[C@H]1C)C2)C1CC1. The fraction of sp³-hybridized carbons (Fsp3) is 0.688. The third kappa shape index (κ3) is 1.93. The topological polar surface area (TPSA) is 37.4 Å². The fourth-order valence-corrected chi connectivity index (χ4v) is 3.81. The first kappa shape index (κ1) is 12.6. The van der Waals surface area contributed by atoms with Gasteiger partial charge in [-0.2, -0.15) is 0 Å². The molecule has 0 aromatic carbocycles. The monoisotopic (exact) mass is 273 g/mol. The second-order valence-electron chi connectivity index (χ2n) is 6.49. The van der Waals surface area contributed by atoms with Gasteiger partial charge in [-0.25, -0.2) is 4.98 Å². The molecular weight excluding hydrogens is 250 g/mol. The van der Waals surface area contributed by atoms with Crippen molar-refractivity contribution in [2.75, 3.05) is 25.1 Å². The smallest absolute Gasteiger partial charge is 0.132 e. The van der Waals surface area contributed by atoms with Crippen LogP contribution in [0.3, 0.4) is 0 Å². The zero-order chi connectivity index (χ0) is 13.7. The van der Waals surface area contributed by atoms with Crippen LogP contribution in [0.1, 0.15) is 37.1 Å². The van der Waals surface area contributed by atoms with Crippen LogP contribution >= 0.6 is 0 Å². The number of aromatic nitrogens is 1. The number of nitrogens with one attached hydrogen (secondary N) is 1. The molecule has 3 heterocycles. The summed E-state index contributed by atoms with van der Waals surface area (Å²) in [7, 11) is 1.81. The molecule has 1 unspecified atom stereocenters. The van der Waals surface area contributed by atoms with E-state index < -0.39 is 0 Å². The molecule has 1 saturated heterocycles. The molecule has 0 spiro atoms. The predicted molar refractivity (Wildman–Crippen MR) is 79.0 cm³/mol. The van der Waals surface area contributed by atoms with Crippen molar-refractivity contribution in [1.82, 2.24) is 10.3 Å². The van der Waals surface area contributed by atoms with Gasteiger partial charge in [-0.1, -0.05) is 6.07 Å². The summed E-state index contributed by atoms with van der Waals surface area (Å²) in [6.07, 6.45) is 3.88. The Hall–Kier alpha value is -1.13. The quantitative estimate of drug-likeness (QED) is 0.913. The van der Waals surface area contributed by atoms with Crippen LogP contribution in [-0.2, 0) is 11.2 Å². The van der Waals surface area contributed by atoms with Gasteiger partial charge in [-0.3, -0.25) is 0 Å². The first-order valence-corrected chi connectivity index (χ1v) is 7.79. The van der Waals surface area contributed by atoms with Crippen LogP contribution in [0.2, 0.25) is 0 Å². The largest absolute Gasteiger partial charge is 0.375 e. The average molecular weight is 273 g/mol. The van der Waals surface area contributed by atoms with Crippen molar-refractivity contribution in [3.05, 3.63) is 23.4 Å². The predicted octanol–water partition coefficient (Wildman–Crippen LogP) is 1.90. The molecule has 4 rings (SSSR count). The summed E-state index contributed by atoms with van der Waals surface area (Å²) in [5.74, 6) is 1.90. The van der Waals surface area contributed by atoms with Gasteiger partial charge in [0.1, 0.15) is 11.9 Å². The molecule has 1 N–H and O–H groups in total. The molecule has 3 aliphatic rings. The van der Waals surface area contributed by atoms with Crippen LogP contribution in [0, 0.1) is 5.92 Å². The molecule has 1 aromatic heterocycles. The minimum absolute atomic E-state index is 0.192. The molecule has 3 atom stereocenters. The second-order valence-corrected chi connectivity index (χ2v) is 6.49. The van der Waals surface area contributed by atoms with E-state index in [4.69, 9.17) is 9.72 Å². The summed E-state index contributed by atoms with van der Waals surface area (Å²) in [5, 5.41) is 3.52. The lowest BCUT2D eigenvalue weighted by molar-refractivity contribution is 0.0811. The van der Waals surface area contributed by atoms with E-state index in [-0.39, 0.29) is 6.10 Å². The maximum Gasteiger partial charge on any atom is 0.132 e. The number of anilines is 1. The van der Waals surface area contributed by atoms with E-state index in [0.29, 0.717) is 18.0 Å². The van der Waals surface area contributed by atoms with Crippen LogP contribution in [0.4, 0.5) is 5.82 Å². The van der Waals surface area contributed by atoms with E-state index in [1.165, 1.54) is 24.2 Å². The van der Waals surface area contributed by atoms with Crippen molar-refractivity contribution in [2.45, 2.75) is 44.4 Å². The molecule has 108 valence electrons. The van der Waals surface area contributed by atoms with Crippen molar-refractivity contribution < 1.29 is 4.74 Å². The van der Waals surface area contributed by atoms with Gasteiger partial charge in [0.25, 0.3) is 0 Å². The molecule has 1 aromatic rings. The first-order chi connectivity index (χ1) is 9.78. The Labute approximate surface area is 120 Å². The fourth-order valence-electron chi connectivity index (χ4n) is 3.81. The maximum atomic E-state index is 5.69. The highest BCUT2D eigenvalue weighted by Crippen LogP contribution is 2.43. The number of hydrogen-bond acceptors (Lipinski definition) is 4. The number of pyridine rings is 1. The van der Waals surface area contributed by atoms with E-state index in [2.05, 4.69) is 29.3 Å². The molecular formula is C16H23N3O. The number of nitrogens with zero attached hydrogens (tertiary/aromatic N) is 2. The van der Waals surface area contributed by atoms with Gasteiger partial charge in [0, 0.05) is 32.3 Å². The van der Waals surface area contributed by atoms with Crippen LogP contribution in [-0.4, -0.2) is 37.3 Å². The van der Waals surface area contributed by atoms with Crippen molar-refractivity contribution in [2.24, 2.45) is 5.92 Å². The summed E-state index contributed by atoms with van der Waals surface area (Å²) in [5.41, 5.74) is 2.53. The maximum absolute atomic E-state index is 5.69. The molecule has 20 heavy (non-hydrogen) atoms. The molecule has 2 fully saturated rings. The highest BCUT2D eigenvalue weighted by Gasteiger charge is 2.38. The zero-order valence-electron chi connectivity index (χ0n) is 12.3.